The predicted octanol–water partition coefficient (Wildman–Crippen LogP) is 2.75. The molecule has 0 fully saturated rings. The number of fused-ring (bicyclic) bond motifs is 3. The monoisotopic (exact) mass is 320 g/mol. The zero-order valence-corrected chi connectivity index (χ0v) is 12.1. The molecule has 0 unspecified atom stereocenters. The van der Waals surface area contributed by atoms with Crippen LogP contribution in [0.25, 0.3) is 26.6 Å². The van der Waals surface area contributed by atoms with Crippen molar-refractivity contribution in [3.63, 3.8) is 0 Å². The topological polar surface area (TPSA) is 73.3 Å². The number of hydrogen-bond donors (Lipinski definition) is 0. The second-order valence-electron chi connectivity index (χ2n) is 3.83. The third-order valence-electron chi connectivity index (χ3n) is 2.70. The van der Waals surface area contributed by atoms with Crippen molar-refractivity contribution >= 4 is 50.9 Å². The van der Waals surface area contributed by atoms with Gasteiger partial charge in [0.05, 0.1) is 11.1 Å². The zero-order valence-electron chi connectivity index (χ0n) is 9.64. The lowest BCUT2D eigenvalue weighted by Gasteiger charge is -2.02. The first-order valence-electron chi connectivity index (χ1n) is 5.45. The van der Waals surface area contributed by atoms with E-state index in [1.807, 2.05) is 0 Å². The quantitative estimate of drug-likeness (QED) is 0.502. The molecule has 0 aliphatic carbocycles. The molecule has 98 valence electrons. The lowest BCUT2D eigenvalue weighted by atomic mass is 10.3. The average Bonchev–Trinajstić information content (AvgIpc) is 3.08. The molecule has 9 heteroatoms. The van der Waals surface area contributed by atoms with E-state index in [2.05, 4.69) is 15.1 Å². The largest absolute Gasteiger partial charge is 0.463 e. The average molecular weight is 320 g/mol. The Morgan fingerprint density at radius 2 is 2.25 bits per heavy atom. The van der Waals surface area contributed by atoms with Crippen molar-refractivity contribution in [2.45, 2.75) is 0 Å². The van der Waals surface area contributed by atoms with Crippen molar-refractivity contribution in [2.24, 2.45) is 0 Å². The highest BCUT2D eigenvalue weighted by Gasteiger charge is 2.16. The van der Waals surface area contributed by atoms with Crippen LogP contribution in [0.2, 0.25) is 0 Å². The van der Waals surface area contributed by atoms with E-state index >= 15 is 0 Å². The standard InChI is InChI=1S/C11H4N4O2S3/c16-9-6-7(5-2-1-3-17-5)20-11(18)13-8(6)15-10(14-9)19-4-12-15/h1-4H. The first kappa shape index (κ1) is 11.8. The van der Waals surface area contributed by atoms with E-state index in [0.29, 0.717) is 30.6 Å². The Hall–Kier alpha value is -1.97. The van der Waals surface area contributed by atoms with Crippen molar-refractivity contribution in [1.82, 2.24) is 19.6 Å². The number of furan rings is 1. The minimum absolute atomic E-state index is 0.352. The second kappa shape index (κ2) is 4.27. The van der Waals surface area contributed by atoms with Gasteiger partial charge in [0.2, 0.25) is 4.96 Å². The van der Waals surface area contributed by atoms with Gasteiger partial charge in [0.1, 0.15) is 16.7 Å². The molecule has 0 amide bonds. The molecule has 0 atom stereocenters. The maximum Gasteiger partial charge on any atom is 0.285 e. The molecule has 0 spiro atoms. The number of rotatable bonds is 1. The molecule has 20 heavy (non-hydrogen) atoms. The van der Waals surface area contributed by atoms with Gasteiger partial charge in [-0.1, -0.05) is 11.3 Å². The minimum atomic E-state index is -0.352. The molecule has 4 rings (SSSR count). The SMILES string of the molecule is O=c1nc2scnn2c2nc(=S)sc(-c3ccco3)c12. The number of aromatic nitrogens is 4. The van der Waals surface area contributed by atoms with Crippen molar-refractivity contribution in [3.8, 4) is 10.6 Å². The van der Waals surface area contributed by atoms with Crippen molar-refractivity contribution in [2.75, 3.05) is 0 Å². The third-order valence-corrected chi connectivity index (χ3v) is 4.59. The molecule has 0 aliphatic rings. The van der Waals surface area contributed by atoms with E-state index in [-0.39, 0.29) is 5.56 Å². The summed E-state index contributed by atoms with van der Waals surface area (Å²) in [4.78, 5) is 21.7. The Labute approximate surface area is 124 Å². The molecule has 0 saturated carbocycles. The highest BCUT2D eigenvalue weighted by Crippen LogP contribution is 2.30. The Kier molecular flexibility index (Phi) is 2.52. The first-order chi connectivity index (χ1) is 9.74. The summed E-state index contributed by atoms with van der Waals surface area (Å²) in [5.74, 6) is 0.572. The van der Waals surface area contributed by atoms with Gasteiger partial charge in [-0.05, 0) is 24.4 Å². The maximum absolute atomic E-state index is 12.3. The number of nitrogens with zero attached hydrogens (tertiary/aromatic N) is 4. The van der Waals surface area contributed by atoms with Gasteiger partial charge in [-0.15, -0.1) is 11.3 Å². The fourth-order valence-electron chi connectivity index (χ4n) is 1.91. The molecule has 0 aromatic carbocycles. The molecule has 4 heterocycles. The molecule has 0 aliphatic heterocycles. The van der Waals surface area contributed by atoms with Crippen LogP contribution in [-0.2, 0) is 0 Å². The third kappa shape index (κ3) is 1.64. The van der Waals surface area contributed by atoms with Gasteiger partial charge in [0.15, 0.2) is 9.60 Å². The summed E-state index contributed by atoms with van der Waals surface area (Å²) < 4.78 is 7.31. The summed E-state index contributed by atoms with van der Waals surface area (Å²) in [6.45, 7) is 0. The summed E-state index contributed by atoms with van der Waals surface area (Å²) in [6.07, 6.45) is 1.55. The highest BCUT2D eigenvalue weighted by molar-refractivity contribution is 7.73. The van der Waals surface area contributed by atoms with Crippen LogP contribution in [0, 0.1) is 3.95 Å². The minimum Gasteiger partial charge on any atom is -0.463 e. The van der Waals surface area contributed by atoms with Crippen LogP contribution in [0.15, 0.2) is 33.1 Å². The van der Waals surface area contributed by atoms with Gasteiger partial charge in [-0.2, -0.15) is 14.6 Å². The fraction of sp³-hybridized carbons (Fsp3) is 0. The Morgan fingerprint density at radius 1 is 1.35 bits per heavy atom. The lowest BCUT2D eigenvalue weighted by molar-refractivity contribution is 0.584. The van der Waals surface area contributed by atoms with Crippen molar-refractivity contribution in [1.29, 1.82) is 0 Å². The van der Waals surface area contributed by atoms with E-state index in [0.717, 1.165) is 0 Å². The van der Waals surface area contributed by atoms with Crippen molar-refractivity contribution in [3.05, 3.63) is 38.2 Å². The molecular formula is C11H4N4O2S3. The lowest BCUT2D eigenvalue weighted by Crippen LogP contribution is -2.11. The van der Waals surface area contributed by atoms with Crippen LogP contribution in [-0.4, -0.2) is 19.6 Å². The molecule has 4 aromatic heterocycles. The van der Waals surface area contributed by atoms with Crippen molar-refractivity contribution < 1.29 is 4.42 Å². The molecule has 4 aromatic rings. The van der Waals surface area contributed by atoms with Gasteiger partial charge in [-0.3, -0.25) is 4.79 Å². The Morgan fingerprint density at radius 3 is 3.05 bits per heavy atom. The smallest absolute Gasteiger partial charge is 0.285 e. The molecule has 0 radical (unpaired) electrons. The fourth-order valence-corrected chi connectivity index (χ4v) is 3.66. The summed E-state index contributed by atoms with van der Waals surface area (Å²) in [6, 6.07) is 3.53. The maximum atomic E-state index is 12.3. The van der Waals surface area contributed by atoms with Crippen LogP contribution >= 0.6 is 34.9 Å². The Balaban J connectivity index is 2.31. The van der Waals surface area contributed by atoms with Gasteiger partial charge in [0.25, 0.3) is 5.56 Å². The van der Waals surface area contributed by atoms with Crippen LogP contribution < -0.4 is 5.56 Å². The van der Waals surface area contributed by atoms with Gasteiger partial charge < -0.3 is 4.42 Å². The summed E-state index contributed by atoms with van der Waals surface area (Å²) >= 11 is 7.68. The van der Waals surface area contributed by atoms with Crippen LogP contribution in [0.5, 0.6) is 0 Å². The Bertz CT molecular complexity index is 1050. The summed E-state index contributed by atoms with van der Waals surface area (Å²) in [7, 11) is 0. The molecule has 0 bridgehead atoms. The van der Waals surface area contributed by atoms with Crippen LogP contribution in [0.4, 0.5) is 0 Å². The second-order valence-corrected chi connectivity index (χ2v) is 6.29. The van der Waals surface area contributed by atoms with E-state index in [4.69, 9.17) is 16.6 Å². The van der Waals surface area contributed by atoms with Crippen LogP contribution in [0.1, 0.15) is 0 Å². The molecule has 0 N–H and O–H groups in total. The first-order valence-corrected chi connectivity index (χ1v) is 7.56. The molecule has 0 saturated heterocycles. The molecule has 6 nitrogen and oxygen atoms in total. The van der Waals surface area contributed by atoms with E-state index in [1.54, 1.807) is 23.9 Å². The van der Waals surface area contributed by atoms with Gasteiger partial charge >= 0.3 is 0 Å². The predicted molar refractivity (Wildman–Crippen MR) is 78.8 cm³/mol. The summed E-state index contributed by atoms with van der Waals surface area (Å²) in [5.41, 5.74) is 1.67. The number of hydrogen-bond acceptors (Lipinski definition) is 8. The van der Waals surface area contributed by atoms with E-state index < -0.39 is 0 Å². The van der Waals surface area contributed by atoms with E-state index in [1.165, 1.54) is 27.2 Å². The molecular weight excluding hydrogens is 316 g/mol. The van der Waals surface area contributed by atoms with Gasteiger partial charge in [-0.25, -0.2) is 4.98 Å². The zero-order chi connectivity index (χ0) is 13.7. The van der Waals surface area contributed by atoms with Crippen LogP contribution in [0.3, 0.4) is 0 Å². The van der Waals surface area contributed by atoms with Gasteiger partial charge in [0, 0.05) is 0 Å². The normalized spacial score (nSPS) is 11.4. The summed E-state index contributed by atoms with van der Waals surface area (Å²) in [5, 5.41) is 4.53. The highest BCUT2D eigenvalue weighted by atomic mass is 32.1. The van der Waals surface area contributed by atoms with E-state index in [9.17, 15) is 4.79 Å².